The summed E-state index contributed by atoms with van der Waals surface area (Å²) in [6.07, 6.45) is 15.8. The monoisotopic (exact) mass is 550 g/mol. The molecule has 4 nitrogen and oxygen atoms in total. The van der Waals surface area contributed by atoms with E-state index in [2.05, 4.69) is 131 Å². The van der Waals surface area contributed by atoms with Gasteiger partial charge in [0.05, 0.1) is 0 Å². The van der Waals surface area contributed by atoms with Crippen LogP contribution in [0.1, 0.15) is 47.2 Å². The van der Waals surface area contributed by atoms with Gasteiger partial charge in [0.1, 0.15) is 0 Å². The Morgan fingerprint density at radius 3 is 1.19 bits per heavy atom. The predicted molar refractivity (Wildman–Crippen MR) is 179 cm³/mol. The molecule has 42 heavy (non-hydrogen) atoms. The molecule has 5 rings (SSSR count). The molecule has 0 unspecified atom stereocenters. The summed E-state index contributed by atoms with van der Waals surface area (Å²) in [6.45, 7) is 8.08. The third-order valence-electron chi connectivity index (χ3n) is 7.37. The molecule has 2 heterocycles. The standard InChI is InChI=1S/C38H38N4/c1-3-41(37-16-12-31(13-17-37)8-10-33-20-24-39-25-21-33)29-35-6-5-7-36(28-35)30-42(4-2)38-18-14-32(15-19-38)9-11-34-22-26-40-27-23-34/h5-28H,3-4,29-30H2,1-2H3/b10-8+,11-9+. The molecule has 0 aliphatic rings. The van der Waals surface area contributed by atoms with Crippen LogP contribution in [0.15, 0.2) is 122 Å². The van der Waals surface area contributed by atoms with Crippen LogP contribution in [0.4, 0.5) is 11.4 Å². The highest BCUT2D eigenvalue weighted by molar-refractivity contribution is 5.71. The van der Waals surface area contributed by atoms with E-state index >= 15 is 0 Å². The first-order valence-electron chi connectivity index (χ1n) is 14.6. The molecule has 0 bridgehead atoms. The van der Waals surface area contributed by atoms with Crippen molar-refractivity contribution in [2.24, 2.45) is 0 Å². The van der Waals surface area contributed by atoms with Gasteiger partial charge in [-0.2, -0.15) is 0 Å². The maximum absolute atomic E-state index is 4.08. The molecular formula is C38H38N4. The van der Waals surface area contributed by atoms with Gasteiger partial charge < -0.3 is 9.80 Å². The molecule has 0 N–H and O–H groups in total. The lowest BCUT2D eigenvalue weighted by molar-refractivity contribution is 0.815. The van der Waals surface area contributed by atoms with Gasteiger partial charge in [-0.3, -0.25) is 9.97 Å². The minimum Gasteiger partial charge on any atom is -0.367 e. The number of hydrogen-bond acceptors (Lipinski definition) is 4. The van der Waals surface area contributed by atoms with Gasteiger partial charge in [-0.15, -0.1) is 0 Å². The average molecular weight is 551 g/mol. The van der Waals surface area contributed by atoms with E-state index in [1.807, 2.05) is 49.1 Å². The molecule has 0 fully saturated rings. The fourth-order valence-electron chi connectivity index (χ4n) is 4.96. The lowest BCUT2D eigenvalue weighted by Crippen LogP contribution is -2.23. The van der Waals surface area contributed by atoms with E-state index in [1.54, 1.807) is 0 Å². The lowest BCUT2D eigenvalue weighted by atomic mass is 10.1. The summed E-state index contributed by atoms with van der Waals surface area (Å²) in [5, 5.41) is 0. The Kier molecular flexibility index (Phi) is 9.93. The number of aromatic nitrogens is 2. The first kappa shape index (κ1) is 28.6. The number of benzene rings is 3. The fraction of sp³-hybridized carbons (Fsp3) is 0.158. The Hall–Kier alpha value is -4.96. The van der Waals surface area contributed by atoms with Crippen LogP contribution in [0.25, 0.3) is 24.3 Å². The molecule has 4 heteroatoms. The summed E-state index contributed by atoms with van der Waals surface area (Å²) < 4.78 is 0. The highest BCUT2D eigenvalue weighted by atomic mass is 15.1. The Bertz CT molecular complexity index is 1460. The molecule has 0 radical (unpaired) electrons. The van der Waals surface area contributed by atoms with Gasteiger partial charge in [0, 0.05) is 62.3 Å². The van der Waals surface area contributed by atoms with Crippen molar-refractivity contribution in [1.82, 2.24) is 9.97 Å². The molecule has 0 aliphatic heterocycles. The summed E-state index contributed by atoms with van der Waals surface area (Å²) in [6, 6.07) is 34.7. The molecular weight excluding hydrogens is 512 g/mol. The van der Waals surface area contributed by atoms with E-state index in [4.69, 9.17) is 0 Å². The number of nitrogens with zero attached hydrogens (tertiary/aromatic N) is 4. The van der Waals surface area contributed by atoms with Crippen molar-refractivity contribution in [2.45, 2.75) is 26.9 Å². The van der Waals surface area contributed by atoms with Crippen molar-refractivity contribution in [2.75, 3.05) is 22.9 Å². The summed E-state index contributed by atoms with van der Waals surface area (Å²) in [7, 11) is 0. The third-order valence-corrected chi connectivity index (χ3v) is 7.37. The Balaban J connectivity index is 1.21. The predicted octanol–water partition coefficient (Wildman–Crippen LogP) is 8.87. The highest BCUT2D eigenvalue weighted by Crippen LogP contribution is 2.22. The largest absolute Gasteiger partial charge is 0.367 e. The van der Waals surface area contributed by atoms with E-state index in [0.717, 1.165) is 37.3 Å². The Labute approximate surface area is 250 Å². The summed E-state index contributed by atoms with van der Waals surface area (Å²) in [4.78, 5) is 13.0. The van der Waals surface area contributed by atoms with E-state index in [9.17, 15) is 0 Å². The lowest BCUT2D eigenvalue weighted by Gasteiger charge is -2.25. The molecule has 0 spiro atoms. The van der Waals surface area contributed by atoms with Crippen LogP contribution in [0.5, 0.6) is 0 Å². The zero-order chi connectivity index (χ0) is 29.0. The minimum atomic E-state index is 0.876. The second-order valence-electron chi connectivity index (χ2n) is 10.3. The first-order chi connectivity index (χ1) is 20.7. The van der Waals surface area contributed by atoms with E-state index in [0.29, 0.717) is 0 Å². The number of hydrogen-bond donors (Lipinski definition) is 0. The molecule has 0 saturated heterocycles. The van der Waals surface area contributed by atoms with Gasteiger partial charge in [0.2, 0.25) is 0 Å². The third kappa shape index (κ3) is 8.05. The Morgan fingerprint density at radius 2 is 0.833 bits per heavy atom. The van der Waals surface area contributed by atoms with Crippen LogP contribution in [-0.2, 0) is 13.1 Å². The van der Waals surface area contributed by atoms with Crippen molar-refractivity contribution in [1.29, 1.82) is 0 Å². The maximum Gasteiger partial charge on any atom is 0.0429 e. The van der Waals surface area contributed by atoms with Gasteiger partial charge in [0.25, 0.3) is 0 Å². The zero-order valence-electron chi connectivity index (χ0n) is 24.5. The molecule has 2 aromatic heterocycles. The molecule has 0 amide bonds. The van der Waals surface area contributed by atoms with Gasteiger partial charge in [-0.1, -0.05) is 72.8 Å². The second-order valence-corrected chi connectivity index (χ2v) is 10.3. The number of pyridine rings is 2. The van der Waals surface area contributed by atoms with Crippen molar-refractivity contribution < 1.29 is 0 Å². The summed E-state index contributed by atoms with van der Waals surface area (Å²) >= 11 is 0. The van der Waals surface area contributed by atoms with Crippen LogP contribution in [0, 0.1) is 0 Å². The van der Waals surface area contributed by atoms with Gasteiger partial charge in [0.15, 0.2) is 0 Å². The highest BCUT2D eigenvalue weighted by Gasteiger charge is 2.09. The van der Waals surface area contributed by atoms with Crippen LogP contribution in [0.2, 0.25) is 0 Å². The summed E-state index contributed by atoms with van der Waals surface area (Å²) in [5.41, 5.74) is 9.78. The van der Waals surface area contributed by atoms with Crippen LogP contribution in [0.3, 0.4) is 0 Å². The summed E-state index contributed by atoms with van der Waals surface area (Å²) in [5.74, 6) is 0. The van der Waals surface area contributed by atoms with E-state index in [1.165, 1.54) is 33.6 Å². The van der Waals surface area contributed by atoms with Gasteiger partial charge in [-0.25, -0.2) is 0 Å². The SMILES string of the molecule is CCN(Cc1cccc(CN(CC)c2ccc(/C=C/c3ccncc3)cc2)c1)c1ccc(/C=C/c2ccncc2)cc1. The molecule has 3 aromatic carbocycles. The molecule has 5 aromatic rings. The van der Waals surface area contributed by atoms with Crippen molar-refractivity contribution in [3.05, 3.63) is 155 Å². The van der Waals surface area contributed by atoms with Crippen LogP contribution in [-0.4, -0.2) is 23.1 Å². The molecule has 210 valence electrons. The first-order valence-corrected chi connectivity index (χ1v) is 14.6. The normalized spacial score (nSPS) is 11.3. The number of anilines is 2. The second kappa shape index (κ2) is 14.6. The Morgan fingerprint density at radius 1 is 0.476 bits per heavy atom. The maximum atomic E-state index is 4.08. The number of rotatable bonds is 12. The van der Waals surface area contributed by atoms with Crippen LogP contribution < -0.4 is 9.80 Å². The quantitative estimate of drug-likeness (QED) is 0.155. The topological polar surface area (TPSA) is 32.3 Å². The average Bonchev–Trinajstić information content (AvgIpc) is 3.06. The minimum absolute atomic E-state index is 0.876. The smallest absolute Gasteiger partial charge is 0.0429 e. The fourth-order valence-corrected chi connectivity index (χ4v) is 4.96. The van der Waals surface area contributed by atoms with Crippen molar-refractivity contribution in [3.63, 3.8) is 0 Å². The molecule has 0 atom stereocenters. The molecule has 0 aliphatic carbocycles. The van der Waals surface area contributed by atoms with Crippen molar-refractivity contribution in [3.8, 4) is 0 Å². The van der Waals surface area contributed by atoms with E-state index in [-0.39, 0.29) is 0 Å². The molecule has 0 saturated carbocycles. The van der Waals surface area contributed by atoms with E-state index < -0.39 is 0 Å². The van der Waals surface area contributed by atoms with Crippen LogP contribution >= 0.6 is 0 Å². The van der Waals surface area contributed by atoms with Crippen molar-refractivity contribution >= 4 is 35.7 Å². The van der Waals surface area contributed by atoms with Gasteiger partial charge in [-0.05, 0) is 95.8 Å². The van der Waals surface area contributed by atoms with Gasteiger partial charge >= 0.3 is 0 Å². The zero-order valence-corrected chi connectivity index (χ0v) is 24.5.